The van der Waals surface area contributed by atoms with Crippen molar-refractivity contribution < 1.29 is 14.3 Å². The van der Waals surface area contributed by atoms with Gasteiger partial charge < -0.3 is 9.64 Å². The molecule has 1 amide bonds. The predicted molar refractivity (Wildman–Crippen MR) is 113 cm³/mol. The van der Waals surface area contributed by atoms with Gasteiger partial charge in [-0.15, -0.1) is 11.3 Å². The molecule has 0 atom stereocenters. The number of benzene rings is 2. The molecule has 2 heterocycles. The van der Waals surface area contributed by atoms with Crippen LogP contribution in [0.2, 0.25) is 0 Å². The molecule has 2 aromatic carbocycles. The number of hydrogen-bond acceptors (Lipinski definition) is 6. The van der Waals surface area contributed by atoms with Gasteiger partial charge in [0.2, 0.25) is 0 Å². The molecular weight excluding hydrogens is 386 g/mol. The minimum absolute atomic E-state index is 0.0479. The van der Waals surface area contributed by atoms with Gasteiger partial charge in [0.1, 0.15) is 5.75 Å². The summed E-state index contributed by atoms with van der Waals surface area (Å²) < 4.78 is 5.54. The van der Waals surface area contributed by atoms with Crippen molar-refractivity contribution in [1.82, 2.24) is 9.88 Å². The van der Waals surface area contributed by atoms with E-state index in [0.717, 1.165) is 25.2 Å². The van der Waals surface area contributed by atoms with Crippen molar-refractivity contribution in [2.75, 3.05) is 25.5 Å². The van der Waals surface area contributed by atoms with Crippen LogP contribution in [0.4, 0.5) is 5.13 Å². The van der Waals surface area contributed by atoms with Crippen LogP contribution in [-0.2, 0) is 17.8 Å². The van der Waals surface area contributed by atoms with Gasteiger partial charge in [-0.05, 0) is 31.3 Å². The lowest BCUT2D eigenvalue weighted by Crippen LogP contribution is -2.25. The number of thiazole rings is 1. The highest BCUT2D eigenvalue weighted by atomic mass is 32.1. The van der Waals surface area contributed by atoms with Crippen molar-refractivity contribution in [3.8, 4) is 5.75 Å². The first-order valence-electron chi connectivity index (χ1n) is 9.38. The number of amides is 1. The topological polar surface area (TPSA) is 71.5 Å². The molecule has 0 radical (unpaired) electrons. The van der Waals surface area contributed by atoms with Gasteiger partial charge in [0.15, 0.2) is 17.5 Å². The van der Waals surface area contributed by atoms with Gasteiger partial charge >= 0.3 is 0 Å². The maximum Gasteiger partial charge on any atom is 0.264 e. The molecule has 0 aliphatic carbocycles. The number of nitrogens with one attached hydrogen (secondary N) is 1. The number of anilines is 1. The smallest absolute Gasteiger partial charge is 0.264 e. The number of carbonyl (C=O) groups is 2. The summed E-state index contributed by atoms with van der Waals surface area (Å²) in [7, 11) is 2.08. The van der Waals surface area contributed by atoms with E-state index in [1.807, 2.05) is 18.2 Å². The Hall–Kier alpha value is -3.03. The molecule has 0 saturated carbocycles. The van der Waals surface area contributed by atoms with E-state index >= 15 is 0 Å². The highest BCUT2D eigenvalue weighted by Crippen LogP contribution is 2.27. The molecule has 6 nitrogen and oxygen atoms in total. The molecule has 1 aliphatic rings. The quantitative estimate of drug-likeness (QED) is 0.635. The minimum atomic E-state index is -0.256. The summed E-state index contributed by atoms with van der Waals surface area (Å²) in [4.78, 5) is 32.6. The van der Waals surface area contributed by atoms with E-state index in [1.54, 1.807) is 36.4 Å². The van der Waals surface area contributed by atoms with E-state index in [4.69, 9.17) is 4.74 Å². The van der Waals surface area contributed by atoms with Crippen molar-refractivity contribution in [3.63, 3.8) is 0 Å². The molecule has 0 unspecified atom stereocenters. The number of hydrogen-bond donors (Lipinski definition) is 1. The van der Waals surface area contributed by atoms with Crippen LogP contribution in [0, 0.1) is 0 Å². The molecule has 1 aromatic heterocycles. The first-order chi connectivity index (χ1) is 14.1. The molecule has 1 aliphatic heterocycles. The molecular formula is C22H21N3O3S. The first-order valence-corrected chi connectivity index (χ1v) is 10.2. The molecule has 0 spiro atoms. The lowest BCUT2D eigenvalue weighted by molar-refractivity contribution is -0.118. The van der Waals surface area contributed by atoms with Gasteiger partial charge in [0.25, 0.3) is 5.91 Å². The van der Waals surface area contributed by atoms with E-state index in [1.165, 1.54) is 16.2 Å². The summed E-state index contributed by atoms with van der Waals surface area (Å²) in [6.07, 6.45) is 0.906. The third-order valence-electron chi connectivity index (χ3n) is 4.69. The Morgan fingerprint density at radius 1 is 1.10 bits per heavy atom. The van der Waals surface area contributed by atoms with E-state index in [2.05, 4.69) is 22.2 Å². The van der Waals surface area contributed by atoms with Crippen LogP contribution in [0.25, 0.3) is 0 Å². The lowest BCUT2D eigenvalue weighted by Gasteiger charge is -2.20. The molecule has 0 saturated heterocycles. The third kappa shape index (κ3) is 4.70. The molecule has 29 heavy (non-hydrogen) atoms. The lowest BCUT2D eigenvalue weighted by atomic mass is 10.0. The summed E-state index contributed by atoms with van der Waals surface area (Å²) in [5.41, 5.74) is 2.28. The Balaban J connectivity index is 1.31. The molecule has 1 N–H and O–H groups in total. The summed E-state index contributed by atoms with van der Waals surface area (Å²) in [6.45, 7) is 1.74. The largest absolute Gasteiger partial charge is 0.484 e. The van der Waals surface area contributed by atoms with Gasteiger partial charge in [-0.3, -0.25) is 14.9 Å². The number of fused-ring (bicyclic) bond motifs is 1. The van der Waals surface area contributed by atoms with Gasteiger partial charge in [0.05, 0.1) is 5.69 Å². The Bertz CT molecular complexity index is 1020. The Labute approximate surface area is 173 Å². The SMILES string of the molecule is CN1CCc2nc(NC(=O)COc3ccc(C(=O)c4ccccc4)cc3)sc2C1. The number of aromatic nitrogens is 1. The van der Waals surface area contributed by atoms with E-state index < -0.39 is 0 Å². The molecule has 7 heteroatoms. The average Bonchev–Trinajstić information content (AvgIpc) is 3.14. The zero-order valence-electron chi connectivity index (χ0n) is 16.1. The molecule has 3 aromatic rings. The number of carbonyl (C=O) groups excluding carboxylic acids is 2. The summed E-state index contributed by atoms with van der Waals surface area (Å²) in [5.74, 6) is 0.229. The van der Waals surface area contributed by atoms with Crippen LogP contribution >= 0.6 is 11.3 Å². The number of nitrogens with zero attached hydrogens (tertiary/aromatic N) is 2. The molecule has 148 valence electrons. The summed E-state index contributed by atoms with van der Waals surface area (Å²) in [5, 5.41) is 3.42. The van der Waals surface area contributed by atoms with Gasteiger partial charge in [-0.1, -0.05) is 30.3 Å². The number of ketones is 1. The summed E-state index contributed by atoms with van der Waals surface area (Å²) in [6, 6.07) is 15.9. The van der Waals surface area contributed by atoms with Crippen LogP contribution in [0.5, 0.6) is 5.75 Å². The van der Waals surface area contributed by atoms with Crippen molar-refractivity contribution in [3.05, 3.63) is 76.3 Å². The number of rotatable bonds is 6. The molecule has 0 bridgehead atoms. The number of likely N-dealkylation sites (N-methyl/N-ethyl adjacent to an activating group) is 1. The maximum atomic E-state index is 12.4. The highest BCUT2D eigenvalue weighted by Gasteiger charge is 2.19. The van der Waals surface area contributed by atoms with Gasteiger partial charge in [-0.2, -0.15) is 0 Å². The minimum Gasteiger partial charge on any atom is -0.484 e. The monoisotopic (exact) mass is 407 g/mol. The average molecular weight is 407 g/mol. The van der Waals surface area contributed by atoms with E-state index in [0.29, 0.717) is 22.0 Å². The first kappa shape index (κ1) is 19.3. The highest BCUT2D eigenvalue weighted by molar-refractivity contribution is 7.15. The zero-order valence-corrected chi connectivity index (χ0v) is 16.9. The molecule has 0 fully saturated rings. The molecule has 4 rings (SSSR count). The second-order valence-electron chi connectivity index (χ2n) is 6.93. The normalized spacial score (nSPS) is 13.6. The fourth-order valence-corrected chi connectivity index (χ4v) is 4.24. The van der Waals surface area contributed by atoms with Crippen molar-refractivity contribution >= 4 is 28.2 Å². The number of ether oxygens (including phenoxy) is 1. The fraction of sp³-hybridized carbons (Fsp3) is 0.227. The third-order valence-corrected chi connectivity index (χ3v) is 5.69. The Morgan fingerprint density at radius 3 is 2.59 bits per heavy atom. The van der Waals surface area contributed by atoms with Crippen LogP contribution in [0.3, 0.4) is 0 Å². The van der Waals surface area contributed by atoms with Crippen molar-refractivity contribution in [1.29, 1.82) is 0 Å². The van der Waals surface area contributed by atoms with Crippen LogP contribution in [0.1, 0.15) is 26.5 Å². The van der Waals surface area contributed by atoms with Crippen LogP contribution in [0.15, 0.2) is 54.6 Å². The van der Waals surface area contributed by atoms with E-state index in [9.17, 15) is 9.59 Å². The van der Waals surface area contributed by atoms with Gasteiger partial charge in [-0.25, -0.2) is 4.98 Å². The van der Waals surface area contributed by atoms with Gasteiger partial charge in [0, 0.05) is 35.5 Å². The summed E-state index contributed by atoms with van der Waals surface area (Å²) >= 11 is 1.51. The fourth-order valence-electron chi connectivity index (χ4n) is 3.14. The second-order valence-corrected chi connectivity index (χ2v) is 8.02. The van der Waals surface area contributed by atoms with E-state index in [-0.39, 0.29) is 18.3 Å². The van der Waals surface area contributed by atoms with Crippen LogP contribution < -0.4 is 10.1 Å². The Kier molecular flexibility index (Phi) is 5.69. The van der Waals surface area contributed by atoms with Crippen molar-refractivity contribution in [2.24, 2.45) is 0 Å². The zero-order chi connectivity index (χ0) is 20.2. The van der Waals surface area contributed by atoms with Crippen LogP contribution in [-0.4, -0.2) is 41.8 Å². The predicted octanol–water partition coefficient (Wildman–Crippen LogP) is 3.38. The Morgan fingerprint density at radius 2 is 1.83 bits per heavy atom. The second kappa shape index (κ2) is 8.55. The standard InChI is InChI=1S/C22H21N3O3S/c1-25-12-11-18-19(13-25)29-22(23-18)24-20(26)14-28-17-9-7-16(8-10-17)21(27)15-5-3-2-4-6-15/h2-10H,11-14H2,1H3,(H,23,24,26). The maximum absolute atomic E-state index is 12.4. The van der Waals surface area contributed by atoms with Crippen molar-refractivity contribution in [2.45, 2.75) is 13.0 Å².